The van der Waals surface area contributed by atoms with Crippen LogP contribution >= 0.6 is 0 Å². The van der Waals surface area contributed by atoms with Gasteiger partial charge >= 0.3 is 0 Å². The molecule has 0 saturated carbocycles. The Balaban J connectivity index is 1.63. The molecule has 142 valence electrons. The van der Waals surface area contributed by atoms with Gasteiger partial charge in [0.25, 0.3) is 5.91 Å². The third kappa shape index (κ3) is 3.59. The van der Waals surface area contributed by atoms with Gasteiger partial charge in [-0.3, -0.25) is 14.3 Å². The molecule has 4 rings (SSSR count). The zero-order valence-electron chi connectivity index (χ0n) is 15.9. The van der Waals surface area contributed by atoms with Crippen molar-refractivity contribution in [3.8, 4) is 0 Å². The Morgan fingerprint density at radius 3 is 2.93 bits per heavy atom. The number of amides is 1. The van der Waals surface area contributed by atoms with E-state index in [9.17, 15) is 4.79 Å². The van der Waals surface area contributed by atoms with Crippen LogP contribution in [-0.2, 0) is 12.8 Å². The highest BCUT2D eigenvalue weighted by Crippen LogP contribution is 2.24. The zero-order chi connectivity index (χ0) is 18.8. The Morgan fingerprint density at radius 2 is 2.07 bits per heavy atom. The first-order chi connectivity index (χ1) is 13.1. The molecule has 7 heteroatoms. The molecule has 1 amide bonds. The summed E-state index contributed by atoms with van der Waals surface area (Å²) in [5.74, 6) is 1.03. The van der Waals surface area contributed by atoms with Crippen LogP contribution in [0, 0.1) is 5.92 Å². The number of aromatic amines is 1. The number of rotatable bonds is 5. The van der Waals surface area contributed by atoms with Gasteiger partial charge in [-0.2, -0.15) is 5.10 Å². The molecule has 0 saturated heterocycles. The lowest BCUT2D eigenvalue weighted by Gasteiger charge is -2.19. The van der Waals surface area contributed by atoms with Crippen LogP contribution in [0.2, 0.25) is 0 Å². The van der Waals surface area contributed by atoms with Crippen LogP contribution < -0.4 is 5.32 Å². The highest BCUT2D eigenvalue weighted by Gasteiger charge is 2.26. The zero-order valence-corrected chi connectivity index (χ0v) is 15.9. The first-order valence-corrected chi connectivity index (χ1v) is 9.80. The minimum atomic E-state index is -0.215. The van der Waals surface area contributed by atoms with Crippen LogP contribution in [0.4, 0.5) is 0 Å². The van der Waals surface area contributed by atoms with Gasteiger partial charge in [-0.25, -0.2) is 0 Å². The topological polar surface area (TPSA) is 88.0 Å². The summed E-state index contributed by atoms with van der Waals surface area (Å²) >= 11 is 0. The summed E-state index contributed by atoms with van der Waals surface area (Å²) in [5, 5.41) is 19.2. The van der Waals surface area contributed by atoms with Crippen molar-refractivity contribution in [2.75, 3.05) is 0 Å². The molecule has 0 aliphatic heterocycles. The van der Waals surface area contributed by atoms with Crippen LogP contribution in [0.15, 0.2) is 24.4 Å². The number of aromatic nitrogens is 5. The average Bonchev–Trinajstić information content (AvgIpc) is 3.18. The van der Waals surface area contributed by atoms with Gasteiger partial charge in [0.1, 0.15) is 0 Å². The SMILES string of the molecule is CC(C)CC(NC(=O)c1n[nH]c2c1CCCCC2)c1nnc2ccccn12. The Bertz CT molecular complexity index is 941. The predicted molar refractivity (Wildman–Crippen MR) is 102 cm³/mol. The van der Waals surface area contributed by atoms with E-state index >= 15 is 0 Å². The van der Waals surface area contributed by atoms with Crippen molar-refractivity contribution in [3.05, 3.63) is 47.2 Å². The van der Waals surface area contributed by atoms with Crippen LogP contribution in [0.25, 0.3) is 5.65 Å². The second-order valence-electron chi connectivity index (χ2n) is 7.73. The predicted octanol–water partition coefficient (Wildman–Crippen LogP) is 3.24. The number of aryl methyl sites for hydroxylation is 1. The van der Waals surface area contributed by atoms with Crippen molar-refractivity contribution in [2.24, 2.45) is 5.92 Å². The summed E-state index contributed by atoms with van der Waals surface area (Å²) in [6.07, 6.45) is 8.07. The molecule has 27 heavy (non-hydrogen) atoms. The van der Waals surface area contributed by atoms with Crippen molar-refractivity contribution in [1.82, 2.24) is 30.1 Å². The number of pyridine rings is 1. The highest BCUT2D eigenvalue weighted by atomic mass is 16.2. The molecule has 0 fully saturated rings. The maximum absolute atomic E-state index is 13.1. The Hall–Kier alpha value is -2.70. The Morgan fingerprint density at radius 1 is 1.22 bits per heavy atom. The van der Waals surface area contributed by atoms with Gasteiger partial charge in [-0.1, -0.05) is 26.3 Å². The van der Waals surface area contributed by atoms with Crippen molar-refractivity contribution < 1.29 is 4.79 Å². The number of hydrogen-bond acceptors (Lipinski definition) is 4. The second-order valence-corrected chi connectivity index (χ2v) is 7.73. The summed E-state index contributed by atoms with van der Waals surface area (Å²) < 4.78 is 1.94. The van der Waals surface area contributed by atoms with Gasteiger partial charge in [-0.15, -0.1) is 10.2 Å². The molecule has 0 bridgehead atoms. The van der Waals surface area contributed by atoms with Crippen molar-refractivity contribution in [3.63, 3.8) is 0 Å². The van der Waals surface area contributed by atoms with E-state index in [1.165, 1.54) is 6.42 Å². The largest absolute Gasteiger partial charge is 0.341 e. The minimum absolute atomic E-state index is 0.132. The van der Waals surface area contributed by atoms with E-state index in [4.69, 9.17) is 0 Å². The van der Waals surface area contributed by atoms with Crippen LogP contribution in [0.3, 0.4) is 0 Å². The van der Waals surface area contributed by atoms with Crippen molar-refractivity contribution >= 4 is 11.6 Å². The fourth-order valence-corrected chi connectivity index (χ4v) is 3.87. The lowest BCUT2D eigenvalue weighted by molar-refractivity contribution is 0.0923. The van der Waals surface area contributed by atoms with E-state index in [1.807, 2.05) is 28.8 Å². The first kappa shape index (κ1) is 17.7. The molecular weight excluding hydrogens is 340 g/mol. The number of carbonyl (C=O) groups excluding carboxylic acids is 1. The molecule has 3 aromatic rings. The molecule has 1 aliphatic rings. The molecule has 0 spiro atoms. The molecular formula is C20H26N6O. The maximum Gasteiger partial charge on any atom is 0.272 e. The number of carbonyl (C=O) groups is 1. The van der Waals surface area contributed by atoms with E-state index < -0.39 is 0 Å². The molecule has 0 radical (unpaired) electrons. The van der Waals surface area contributed by atoms with Crippen molar-refractivity contribution in [1.29, 1.82) is 0 Å². The summed E-state index contributed by atoms with van der Waals surface area (Å²) in [6, 6.07) is 5.58. The summed E-state index contributed by atoms with van der Waals surface area (Å²) in [6.45, 7) is 4.28. The average molecular weight is 366 g/mol. The van der Waals surface area contributed by atoms with Gasteiger partial charge < -0.3 is 5.32 Å². The monoisotopic (exact) mass is 366 g/mol. The third-order valence-corrected chi connectivity index (χ3v) is 5.19. The van der Waals surface area contributed by atoms with E-state index in [0.29, 0.717) is 11.6 Å². The first-order valence-electron chi connectivity index (χ1n) is 9.80. The van der Waals surface area contributed by atoms with Gasteiger partial charge in [-0.05, 0) is 50.2 Å². The molecule has 3 heterocycles. The molecule has 1 aliphatic carbocycles. The fraction of sp³-hybridized carbons (Fsp3) is 0.500. The highest BCUT2D eigenvalue weighted by molar-refractivity contribution is 5.94. The third-order valence-electron chi connectivity index (χ3n) is 5.19. The van der Waals surface area contributed by atoms with E-state index in [0.717, 1.165) is 54.8 Å². The number of hydrogen-bond donors (Lipinski definition) is 2. The Kier molecular flexibility index (Phi) is 4.92. The van der Waals surface area contributed by atoms with E-state index in [1.54, 1.807) is 0 Å². The summed E-state index contributed by atoms with van der Waals surface area (Å²) in [4.78, 5) is 13.1. The van der Waals surface area contributed by atoms with Gasteiger partial charge in [0.2, 0.25) is 0 Å². The fourth-order valence-electron chi connectivity index (χ4n) is 3.87. The summed E-state index contributed by atoms with van der Waals surface area (Å²) in [5.41, 5.74) is 3.52. The number of H-pyrrole nitrogens is 1. The van der Waals surface area contributed by atoms with Crippen molar-refractivity contribution in [2.45, 2.75) is 58.4 Å². The van der Waals surface area contributed by atoms with Crippen LogP contribution in [-0.4, -0.2) is 30.7 Å². The normalized spacial score (nSPS) is 15.5. The van der Waals surface area contributed by atoms with Gasteiger partial charge in [0, 0.05) is 17.5 Å². The second kappa shape index (κ2) is 7.50. The van der Waals surface area contributed by atoms with Gasteiger partial charge in [0.05, 0.1) is 6.04 Å². The maximum atomic E-state index is 13.1. The molecule has 1 atom stereocenters. The molecule has 1 unspecified atom stereocenters. The smallest absolute Gasteiger partial charge is 0.272 e. The number of fused-ring (bicyclic) bond motifs is 2. The lowest BCUT2D eigenvalue weighted by Crippen LogP contribution is -2.31. The van der Waals surface area contributed by atoms with Gasteiger partial charge in [0.15, 0.2) is 17.2 Å². The summed E-state index contributed by atoms with van der Waals surface area (Å²) in [7, 11) is 0. The van der Waals surface area contributed by atoms with E-state index in [2.05, 4.69) is 39.6 Å². The van der Waals surface area contributed by atoms with Crippen LogP contribution in [0.5, 0.6) is 0 Å². The Labute approximate surface area is 158 Å². The number of nitrogens with one attached hydrogen (secondary N) is 2. The molecule has 7 nitrogen and oxygen atoms in total. The minimum Gasteiger partial charge on any atom is -0.341 e. The van der Waals surface area contributed by atoms with E-state index in [-0.39, 0.29) is 11.9 Å². The standard InChI is InChI=1S/C20H26N6O/c1-13(2)12-16(19-25-23-17-10-6-7-11-26(17)19)21-20(27)18-14-8-4-3-5-9-15(14)22-24-18/h6-7,10-11,13,16H,3-5,8-9,12H2,1-2H3,(H,21,27)(H,22,24). The molecule has 0 aromatic carbocycles. The quantitative estimate of drug-likeness (QED) is 0.679. The lowest BCUT2D eigenvalue weighted by atomic mass is 10.0. The molecule has 3 aromatic heterocycles. The molecule has 2 N–H and O–H groups in total. The van der Waals surface area contributed by atoms with Crippen LogP contribution in [0.1, 0.15) is 73.1 Å². The number of nitrogens with zero attached hydrogens (tertiary/aromatic N) is 4.